The van der Waals surface area contributed by atoms with Gasteiger partial charge in [-0.15, -0.1) is 0 Å². The summed E-state index contributed by atoms with van der Waals surface area (Å²) < 4.78 is 5.31. The fourth-order valence-electron chi connectivity index (χ4n) is 3.12. The summed E-state index contributed by atoms with van der Waals surface area (Å²) in [5.74, 6) is 0.212. The number of carbonyl (C=O) groups excluding carboxylic acids is 2. The first-order chi connectivity index (χ1) is 13.2. The molecule has 0 bridgehead atoms. The molecule has 5 nitrogen and oxygen atoms in total. The predicted octanol–water partition coefficient (Wildman–Crippen LogP) is 4.04. The standard InChI is InChI=1S/C23H28N2O3/c1-15-7-9-20(28-6)19(13-15)8-10-22(27)25(5)14-21(26)24-23-17(3)11-16(2)12-18(23)4/h7-13H,14H2,1-6H3,(H,24,26)/b10-8+. The first-order valence-corrected chi connectivity index (χ1v) is 9.16. The zero-order chi connectivity index (χ0) is 20.8. The molecule has 0 atom stereocenters. The molecule has 0 aliphatic heterocycles. The van der Waals surface area contributed by atoms with E-state index < -0.39 is 0 Å². The summed E-state index contributed by atoms with van der Waals surface area (Å²) in [6.07, 6.45) is 3.16. The number of hydrogen-bond acceptors (Lipinski definition) is 3. The van der Waals surface area contributed by atoms with Crippen molar-refractivity contribution in [3.63, 3.8) is 0 Å². The van der Waals surface area contributed by atoms with Gasteiger partial charge in [0, 0.05) is 24.4 Å². The van der Waals surface area contributed by atoms with Gasteiger partial charge in [0.1, 0.15) is 5.75 Å². The molecule has 0 aliphatic carbocycles. The molecular formula is C23H28N2O3. The third-order valence-electron chi connectivity index (χ3n) is 4.49. The predicted molar refractivity (Wildman–Crippen MR) is 114 cm³/mol. The number of carbonyl (C=O) groups is 2. The molecule has 28 heavy (non-hydrogen) atoms. The van der Waals surface area contributed by atoms with E-state index in [4.69, 9.17) is 4.74 Å². The third kappa shape index (κ3) is 5.46. The molecule has 2 rings (SSSR count). The summed E-state index contributed by atoms with van der Waals surface area (Å²) in [6, 6.07) is 9.80. The van der Waals surface area contributed by atoms with Gasteiger partial charge in [-0.2, -0.15) is 0 Å². The number of anilines is 1. The van der Waals surface area contributed by atoms with E-state index in [9.17, 15) is 9.59 Å². The lowest BCUT2D eigenvalue weighted by Gasteiger charge is -2.17. The molecular weight excluding hydrogens is 352 g/mol. The minimum absolute atomic E-state index is 0.0269. The van der Waals surface area contributed by atoms with Gasteiger partial charge in [0.2, 0.25) is 11.8 Å². The maximum Gasteiger partial charge on any atom is 0.246 e. The van der Waals surface area contributed by atoms with Crippen molar-refractivity contribution in [2.75, 3.05) is 26.0 Å². The molecule has 0 fully saturated rings. The Morgan fingerprint density at radius 1 is 1.04 bits per heavy atom. The highest BCUT2D eigenvalue weighted by molar-refractivity contribution is 5.98. The van der Waals surface area contributed by atoms with E-state index >= 15 is 0 Å². The summed E-state index contributed by atoms with van der Waals surface area (Å²) in [6.45, 7) is 7.89. The number of nitrogens with one attached hydrogen (secondary N) is 1. The van der Waals surface area contributed by atoms with Crippen LogP contribution in [0.25, 0.3) is 6.08 Å². The van der Waals surface area contributed by atoms with Crippen molar-refractivity contribution in [2.24, 2.45) is 0 Å². The Bertz CT molecular complexity index is 893. The van der Waals surface area contributed by atoms with Crippen LogP contribution in [0.4, 0.5) is 5.69 Å². The minimum Gasteiger partial charge on any atom is -0.496 e. The van der Waals surface area contributed by atoms with Gasteiger partial charge in [-0.25, -0.2) is 0 Å². The number of aryl methyl sites for hydroxylation is 4. The Morgan fingerprint density at radius 3 is 2.29 bits per heavy atom. The molecule has 0 saturated heterocycles. The molecule has 0 saturated carbocycles. The van der Waals surface area contributed by atoms with Gasteiger partial charge < -0.3 is 15.0 Å². The molecule has 2 amide bonds. The number of amides is 2. The van der Waals surface area contributed by atoms with Gasteiger partial charge in [-0.3, -0.25) is 9.59 Å². The van der Waals surface area contributed by atoms with Crippen LogP contribution in [-0.2, 0) is 9.59 Å². The van der Waals surface area contributed by atoms with E-state index in [2.05, 4.69) is 5.32 Å². The SMILES string of the molecule is COc1ccc(C)cc1/C=C/C(=O)N(C)CC(=O)Nc1c(C)cc(C)cc1C. The van der Waals surface area contributed by atoms with Crippen LogP contribution in [0.15, 0.2) is 36.4 Å². The average Bonchev–Trinajstić information content (AvgIpc) is 2.62. The minimum atomic E-state index is -0.254. The Labute approximate surface area is 167 Å². The number of benzene rings is 2. The van der Waals surface area contributed by atoms with E-state index in [1.807, 2.05) is 58.0 Å². The quantitative estimate of drug-likeness (QED) is 0.770. The summed E-state index contributed by atoms with van der Waals surface area (Å²) in [7, 11) is 3.20. The Kier molecular flexibility index (Phi) is 6.99. The molecule has 0 aliphatic rings. The topological polar surface area (TPSA) is 58.6 Å². The highest BCUT2D eigenvalue weighted by Crippen LogP contribution is 2.22. The Balaban J connectivity index is 2.02. The van der Waals surface area contributed by atoms with Gasteiger partial charge in [0.15, 0.2) is 0 Å². The van der Waals surface area contributed by atoms with E-state index in [0.29, 0.717) is 5.75 Å². The van der Waals surface area contributed by atoms with E-state index in [1.165, 1.54) is 11.0 Å². The zero-order valence-corrected chi connectivity index (χ0v) is 17.4. The average molecular weight is 380 g/mol. The normalized spacial score (nSPS) is 10.8. The highest BCUT2D eigenvalue weighted by Gasteiger charge is 2.13. The van der Waals surface area contributed by atoms with Gasteiger partial charge in [-0.05, 0) is 57.0 Å². The molecule has 0 unspecified atom stereocenters. The summed E-state index contributed by atoms with van der Waals surface area (Å²) >= 11 is 0. The van der Waals surface area contributed by atoms with Crippen LogP contribution in [-0.4, -0.2) is 37.4 Å². The molecule has 5 heteroatoms. The summed E-state index contributed by atoms with van der Waals surface area (Å²) in [5, 5.41) is 2.91. The van der Waals surface area contributed by atoms with Crippen LogP contribution in [0.1, 0.15) is 27.8 Å². The Hall–Kier alpha value is -3.08. The van der Waals surface area contributed by atoms with Crippen molar-refractivity contribution < 1.29 is 14.3 Å². The van der Waals surface area contributed by atoms with Crippen LogP contribution in [0, 0.1) is 27.7 Å². The fraction of sp³-hybridized carbons (Fsp3) is 0.304. The number of rotatable bonds is 6. The lowest BCUT2D eigenvalue weighted by molar-refractivity contribution is -0.129. The molecule has 2 aromatic carbocycles. The van der Waals surface area contributed by atoms with Gasteiger partial charge in [-0.1, -0.05) is 29.3 Å². The maximum atomic E-state index is 12.4. The summed E-state index contributed by atoms with van der Waals surface area (Å²) in [4.78, 5) is 26.2. The highest BCUT2D eigenvalue weighted by atomic mass is 16.5. The number of methoxy groups -OCH3 is 1. The molecule has 2 aromatic rings. The van der Waals surface area contributed by atoms with Crippen LogP contribution >= 0.6 is 0 Å². The lowest BCUT2D eigenvalue weighted by Crippen LogP contribution is -2.34. The van der Waals surface area contributed by atoms with Gasteiger partial charge in [0.25, 0.3) is 0 Å². The number of ether oxygens (including phenoxy) is 1. The van der Waals surface area contributed by atoms with Gasteiger partial charge >= 0.3 is 0 Å². The molecule has 0 aromatic heterocycles. The number of nitrogens with zero attached hydrogens (tertiary/aromatic N) is 1. The van der Waals surface area contributed by atoms with Crippen LogP contribution in [0.3, 0.4) is 0 Å². The zero-order valence-electron chi connectivity index (χ0n) is 17.4. The first kappa shape index (κ1) is 21.2. The smallest absolute Gasteiger partial charge is 0.246 e. The molecule has 0 heterocycles. The summed E-state index contributed by atoms with van der Waals surface area (Å²) in [5.41, 5.74) is 5.86. The van der Waals surface area contributed by atoms with Crippen LogP contribution in [0.5, 0.6) is 5.75 Å². The second kappa shape index (κ2) is 9.22. The van der Waals surface area contributed by atoms with Crippen molar-refractivity contribution in [1.29, 1.82) is 0 Å². The monoisotopic (exact) mass is 380 g/mol. The van der Waals surface area contributed by atoms with E-state index in [-0.39, 0.29) is 18.4 Å². The number of hydrogen-bond donors (Lipinski definition) is 1. The molecule has 1 N–H and O–H groups in total. The third-order valence-corrected chi connectivity index (χ3v) is 4.49. The van der Waals surface area contributed by atoms with E-state index in [0.717, 1.165) is 33.5 Å². The largest absolute Gasteiger partial charge is 0.496 e. The van der Waals surface area contributed by atoms with Crippen molar-refractivity contribution in [3.05, 3.63) is 64.2 Å². The van der Waals surface area contributed by atoms with Crippen molar-refractivity contribution in [3.8, 4) is 5.75 Å². The molecule has 0 spiro atoms. The van der Waals surface area contributed by atoms with Crippen LogP contribution < -0.4 is 10.1 Å². The Morgan fingerprint density at radius 2 is 1.68 bits per heavy atom. The second-order valence-electron chi connectivity index (χ2n) is 7.09. The fourth-order valence-corrected chi connectivity index (χ4v) is 3.12. The van der Waals surface area contributed by atoms with Gasteiger partial charge in [0.05, 0.1) is 13.7 Å². The van der Waals surface area contributed by atoms with Crippen molar-refractivity contribution in [1.82, 2.24) is 4.90 Å². The van der Waals surface area contributed by atoms with Crippen molar-refractivity contribution >= 4 is 23.6 Å². The maximum absolute atomic E-state index is 12.4. The second-order valence-corrected chi connectivity index (χ2v) is 7.09. The lowest BCUT2D eigenvalue weighted by atomic mass is 10.1. The molecule has 0 radical (unpaired) electrons. The van der Waals surface area contributed by atoms with E-state index in [1.54, 1.807) is 20.2 Å². The number of likely N-dealkylation sites (N-methyl/N-ethyl adjacent to an activating group) is 1. The van der Waals surface area contributed by atoms with Crippen LogP contribution in [0.2, 0.25) is 0 Å². The molecule has 148 valence electrons. The first-order valence-electron chi connectivity index (χ1n) is 9.16. The van der Waals surface area contributed by atoms with Crippen molar-refractivity contribution in [2.45, 2.75) is 27.7 Å².